The second kappa shape index (κ2) is 5.98. The Balaban J connectivity index is 0.00000144. The lowest BCUT2D eigenvalue weighted by Gasteiger charge is -2.36. The molecule has 0 amide bonds. The van der Waals surface area contributed by atoms with Crippen molar-refractivity contribution in [3.63, 3.8) is 0 Å². The molecule has 2 nitrogen and oxygen atoms in total. The van der Waals surface area contributed by atoms with Gasteiger partial charge in [-0.3, -0.25) is 0 Å². The molecule has 0 bridgehead atoms. The molecule has 1 aromatic rings. The van der Waals surface area contributed by atoms with Crippen molar-refractivity contribution in [2.24, 2.45) is 0 Å². The van der Waals surface area contributed by atoms with E-state index in [0.717, 1.165) is 12.6 Å². The van der Waals surface area contributed by atoms with Crippen molar-refractivity contribution in [3.8, 4) is 0 Å². The minimum Gasteiger partial charge on any atom is -0.360 e. The van der Waals surface area contributed by atoms with Crippen molar-refractivity contribution < 1.29 is 8.78 Å². The Hall–Kier alpha value is -1.13. The molecule has 17 heavy (non-hydrogen) atoms. The Kier molecular flexibility index (Phi) is 4.90. The summed E-state index contributed by atoms with van der Waals surface area (Å²) in [6, 6.07) is 4.25. The molecular weight excluding hydrogens is 246 g/mol. The lowest BCUT2D eigenvalue weighted by atomic mass is 10.1. The van der Waals surface area contributed by atoms with Gasteiger partial charge < -0.3 is 10.2 Å². The molecule has 1 fully saturated rings. The summed E-state index contributed by atoms with van der Waals surface area (Å²) in [5, 5.41) is 3.19. The van der Waals surface area contributed by atoms with Gasteiger partial charge in [0.05, 0.1) is 11.7 Å². The van der Waals surface area contributed by atoms with Crippen molar-refractivity contribution in [1.29, 1.82) is 0 Å². The van der Waals surface area contributed by atoms with E-state index >= 15 is 0 Å². The molecule has 1 aliphatic rings. The zero-order valence-electron chi connectivity index (χ0n) is 9.33. The Morgan fingerprint density at radius 1 is 1.41 bits per heavy atom. The summed E-state index contributed by atoms with van der Waals surface area (Å²) in [5.74, 6) is -1.59. The van der Waals surface area contributed by atoms with E-state index < -0.39 is 11.6 Å². The summed E-state index contributed by atoms with van der Waals surface area (Å²) in [6.07, 6.45) is 1.75. The summed E-state index contributed by atoms with van der Waals surface area (Å²) in [5.41, 5.74) is 0.311. The maximum atomic E-state index is 13.6. The number of piperazine rings is 1. The van der Waals surface area contributed by atoms with Gasteiger partial charge in [-0.25, -0.2) is 8.78 Å². The van der Waals surface area contributed by atoms with Crippen LogP contribution in [-0.2, 0) is 0 Å². The average Bonchev–Trinajstić information content (AvgIpc) is 2.33. The van der Waals surface area contributed by atoms with Gasteiger partial charge in [0.15, 0.2) is 11.6 Å². The summed E-state index contributed by atoms with van der Waals surface area (Å²) in [4.78, 5) is 1.84. The standard InChI is InChI=1S/C12H14F2N2.ClH/c1-2-9-8-15-6-7-16(9)11-5-3-4-10(13)12(11)14;/h2-5,9,15H,1,6-8H2;1H/t9-;/m1./s1. The van der Waals surface area contributed by atoms with Crippen LogP contribution in [0.1, 0.15) is 0 Å². The van der Waals surface area contributed by atoms with Crippen LogP contribution in [0.25, 0.3) is 0 Å². The van der Waals surface area contributed by atoms with Gasteiger partial charge in [0.2, 0.25) is 0 Å². The summed E-state index contributed by atoms with van der Waals surface area (Å²) < 4.78 is 26.7. The van der Waals surface area contributed by atoms with E-state index in [4.69, 9.17) is 0 Å². The predicted octanol–water partition coefficient (Wildman–Crippen LogP) is 2.35. The molecule has 1 aromatic carbocycles. The summed E-state index contributed by atoms with van der Waals surface area (Å²) in [6.45, 7) is 5.84. The van der Waals surface area contributed by atoms with Gasteiger partial charge in [-0.1, -0.05) is 12.1 Å². The molecule has 0 saturated carbocycles. The second-order valence-corrected chi connectivity index (χ2v) is 3.77. The van der Waals surface area contributed by atoms with E-state index in [1.165, 1.54) is 6.07 Å². The van der Waals surface area contributed by atoms with Crippen LogP contribution < -0.4 is 10.2 Å². The zero-order valence-corrected chi connectivity index (χ0v) is 10.1. The van der Waals surface area contributed by atoms with Gasteiger partial charge in [-0.15, -0.1) is 19.0 Å². The fraction of sp³-hybridized carbons (Fsp3) is 0.333. The van der Waals surface area contributed by atoms with Gasteiger partial charge >= 0.3 is 0 Å². The van der Waals surface area contributed by atoms with E-state index in [1.54, 1.807) is 12.1 Å². The summed E-state index contributed by atoms with van der Waals surface area (Å²) >= 11 is 0. The normalized spacial score (nSPS) is 19.6. The first-order valence-corrected chi connectivity index (χ1v) is 5.28. The molecule has 1 aliphatic heterocycles. The highest BCUT2D eigenvalue weighted by atomic mass is 35.5. The maximum Gasteiger partial charge on any atom is 0.182 e. The quantitative estimate of drug-likeness (QED) is 0.822. The van der Waals surface area contributed by atoms with Gasteiger partial charge in [0, 0.05) is 19.6 Å². The molecule has 0 aromatic heterocycles. The van der Waals surface area contributed by atoms with Gasteiger partial charge in [-0.05, 0) is 12.1 Å². The lowest BCUT2D eigenvalue weighted by molar-refractivity contribution is 0.485. The molecule has 0 aliphatic carbocycles. The Labute approximate surface area is 106 Å². The highest BCUT2D eigenvalue weighted by Gasteiger charge is 2.23. The third-order valence-electron chi connectivity index (χ3n) is 2.80. The first-order chi connectivity index (χ1) is 7.74. The second-order valence-electron chi connectivity index (χ2n) is 3.77. The van der Waals surface area contributed by atoms with Crippen LogP contribution in [0, 0.1) is 11.6 Å². The Morgan fingerprint density at radius 2 is 2.18 bits per heavy atom. The van der Waals surface area contributed by atoms with Crippen LogP contribution >= 0.6 is 12.4 Å². The van der Waals surface area contributed by atoms with Crippen molar-refractivity contribution >= 4 is 18.1 Å². The van der Waals surface area contributed by atoms with E-state index in [0.29, 0.717) is 18.8 Å². The number of hydrogen-bond acceptors (Lipinski definition) is 2. The predicted molar refractivity (Wildman–Crippen MR) is 67.8 cm³/mol. The van der Waals surface area contributed by atoms with Gasteiger partial charge in [0.1, 0.15) is 0 Å². The van der Waals surface area contributed by atoms with Crippen LogP contribution in [0.15, 0.2) is 30.9 Å². The fourth-order valence-electron chi connectivity index (χ4n) is 1.95. The molecule has 5 heteroatoms. The van der Waals surface area contributed by atoms with Crippen molar-refractivity contribution in [1.82, 2.24) is 5.32 Å². The van der Waals surface area contributed by atoms with Crippen LogP contribution in [-0.4, -0.2) is 25.7 Å². The molecule has 0 unspecified atom stereocenters. The molecule has 1 atom stereocenters. The van der Waals surface area contributed by atoms with Crippen LogP contribution in [0.2, 0.25) is 0 Å². The van der Waals surface area contributed by atoms with Crippen molar-refractivity contribution in [2.45, 2.75) is 6.04 Å². The molecule has 1 N–H and O–H groups in total. The van der Waals surface area contributed by atoms with Crippen LogP contribution in [0.4, 0.5) is 14.5 Å². The number of hydrogen-bond donors (Lipinski definition) is 1. The molecule has 2 rings (SSSR count). The Bertz CT molecular complexity index is 398. The number of nitrogens with zero attached hydrogens (tertiary/aromatic N) is 1. The highest BCUT2D eigenvalue weighted by molar-refractivity contribution is 5.85. The van der Waals surface area contributed by atoms with Crippen LogP contribution in [0.3, 0.4) is 0 Å². The third-order valence-corrected chi connectivity index (χ3v) is 2.80. The first kappa shape index (κ1) is 13.9. The zero-order chi connectivity index (χ0) is 11.5. The molecule has 0 radical (unpaired) electrons. The van der Waals surface area contributed by atoms with Crippen molar-refractivity contribution in [2.75, 3.05) is 24.5 Å². The largest absolute Gasteiger partial charge is 0.360 e. The monoisotopic (exact) mass is 260 g/mol. The minimum atomic E-state index is -0.807. The molecule has 94 valence electrons. The fourth-order valence-corrected chi connectivity index (χ4v) is 1.95. The van der Waals surface area contributed by atoms with E-state index in [1.807, 2.05) is 4.90 Å². The molecular formula is C12H15ClF2N2. The minimum absolute atomic E-state index is 0. The Morgan fingerprint density at radius 3 is 2.88 bits per heavy atom. The number of rotatable bonds is 2. The number of benzene rings is 1. The van der Waals surface area contributed by atoms with E-state index in [9.17, 15) is 8.78 Å². The van der Waals surface area contributed by atoms with Gasteiger partial charge in [-0.2, -0.15) is 0 Å². The lowest BCUT2D eigenvalue weighted by Crippen LogP contribution is -2.50. The SMILES string of the molecule is C=C[C@@H]1CNCCN1c1cccc(F)c1F.Cl. The average molecular weight is 261 g/mol. The highest BCUT2D eigenvalue weighted by Crippen LogP contribution is 2.24. The number of nitrogens with one attached hydrogen (secondary N) is 1. The summed E-state index contributed by atoms with van der Waals surface area (Å²) in [7, 11) is 0. The molecule has 1 heterocycles. The smallest absolute Gasteiger partial charge is 0.182 e. The maximum absolute atomic E-state index is 13.6. The molecule has 0 spiro atoms. The topological polar surface area (TPSA) is 15.3 Å². The third kappa shape index (κ3) is 2.76. The number of anilines is 1. The molecule has 1 saturated heterocycles. The number of halogens is 3. The van der Waals surface area contributed by atoms with E-state index in [2.05, 4.69) is 11.9 Å². The van der Waals surface area contributed by atoms with Crippen molar-refractivity contribution in [3.05, 3.63) is 42.5 Å². The van der Waals surface area contributed by atoms with E-state index in [-0.39, 0.29) is 18.4 Å². The first-order valence-electron chi connectivity index (χ1n) is 5.28. The van der Waals surface area contributed by atoms with Gasteiger partial charge in [0.25, 0.3) is 0 Å². The van der Waals surface area contributed by atoms with Crippen LogP contribution in [0.5, 0.6) is 0 Å².